The zero-order valence-electron chi connectivity index (χ0n) is 10.5. The summed E-state index contributed by atoms with van der Waals surface area (Å²) in [7, 11) is 2.12. The van der Waals surface area contributed by atoms with Crippen LogP contribution in [-0.4, -0.2) is 47.3 Å². The van der Waals surface area contributed by atoms with Gasteiger partial charge in [0, 0.05) is 19.3 Å². The van der Waals surface area contributed by atoms with Crippen molar-refractivity contribution in [3.8, 4) is 0 Å². The molecule has 1 unspecified atom stereocenters. The molecule has 1 saturated heterocycles. The van der Waals surface area contributed by atoms with Crippen LogP contribution < -0.4 is 5.32 Å². The minimum atomic E-state index is 0.0441. The summed E-state index contributed by atoms with van der Waals surface area (Å²) in [5.41, 5.74) is 1.08. The number of carbonyl (C=O) groups is 1. The summed E-state index contributed by atoms with van der Waals surface area (Å²) in [6.07, 6.45) is 4.82. The van der Waals surface area contributed by atoms with E-state index in [2.05, 4.69) is 22.4 Å². The maximum atomic E-state index is 11.7. The van der Waals surface area contributed by atoms with Crippen molar-refractivity contribution in [2.45, 2.75) is 19.9 Å². The Kier molecular flexibility index (Phi) is 3.78. The topological polar surface area (TPSA) is 50.2 Å². The number of hydrogen-bond acceptors (Lipinski definition) is 3. The smallest absolute Gasteiger partial charge is 0.241 e. The molecule has 0 bridgehead atoms. The Morgan fingerprint density at radius 2 is 2.47 bits per heavy atom. The number of rotatable bonds is 4. The molecule has 2 rings (SSSR count). The van der Waals surface area contributed by atoms with Crippen LogP contribution in [0.2, 0.25) is 0 Å². The van der Waals surface area contributed by atoms with Gasteiger partial charge in [-0.15, -0.1) is 0 Å². The Hall–Kier alpha value is -1.36. The van der Waals surface area contributed by atoms with Crippen LogP contribution in [-0.2, 0) is 11.3 Å². The van der Waals surface area contributed by atoms with E-state index < -0.39 is 0 Å². The minimum absolute atomic E-state index is 0.0441. The third kappa shape index (κ3) is 3.56. The van der Waals surface area contributed by atoms with Gasteiger partial charge in [0.2, 0.25) is 5.91 Å². The van der Waals surface area contributed by atoms with Crippen LogP contribution in [0.25, 0.3) is 0 Å². The van der Waals surface area contributed by atoms with E-state index in [9.17, 15) is 4.79 Å². The Morgan fingerprint density at radius 1 is 1.65 bits per heavy atom. The van der Waals surface area contributed by atoms with Crippen molar-refractivity contribution in [3.63, 3.8) is 0 Å². The summed E-state index contributed by atoms with van der Waals surface area (Å²) in [6, 6.07) is 0. The quantitative estimate of drug-likeness (QED) is 0.816. The van der Waals surface area contributed by atoms with E-state index >= 15 is 0 Å². The molecule has 0 aliphatic carbocycles. The molecule has 5 heteroatoms. The van der Waals surface area contributed by atoms with Gasteiger partial charge in [-0.05, 0) is 38.4 Å². The minimum Gasteiger partial charge on any atom is -0.354 e. The Morgan fingerprint density at radius 3 is 3.06 bits per heavy atom. The number of nitrogens with one attached hydrogen (secondary N) is 1. The standard InChI is InChI=1S/C12H20N4O/c1-10-5-14-16(7-10)9-12(17)13-6-11-3-4-15(2)8-11/h5,7,11H,3-4,6,8-9H2,1-2H3,(H,13,17). The summed E-state index contributed by atoms with van der Waals surface area (Å²) in [4.78, 5) is 14.0. The molecule has 1 amide bonds. The maximum absolute atomic E-state index is 11.7. The average Bonchev–Trinajstić information content (AvgIpc) is 2.85. The lowest BCUT2D eigenvalue weighted by atomic mass is 10.1. The summed E-state index contributed by atoms with van der Waals surface area (Å²) in [6.45, 7) is 5.29. The van der Waals surface area contributed by atoms with E-state index in [-0.39, 0.29) is 5.91 Å². The van der Waals surface area contributed by atoms with Crippen molar-refractivity contribution in [2.75, 3.05) is 26.7 Å². The van der Waals surface area contributed by atoms with Gasteiger partial charge in [0.05, 0.1) is 6.20 Å². The van der Waals surface area contributed by atoms with Crippen molar-refractivity contribution in [2.24, 2.45) is 5.92 Å². The normalized spacial score (nSPS) is 20.7. The molecule has 0 spiro atoms. The molecule has 94 valence electrons. The molecule has 1 fully saturated rings. The second kappa shape index (κ2) is 5.31. The molecule has 1 aromatic heterocycles. The highest BCUT2D eigenvalue weighted by Crippen LogP contribution is 2.12. The average molecular weight is 236 g/mol. The van der Waals surface area contributed by atoms with Crippen molar-refractivity contribution in [1.82, 2.24) is 20.0 Å². The van der Waals surface area contributed by atoms with E-state index in [0.717, 1.165) is 25.2 Å². The zero-order chi connectivity index (χ0) is 12.3. The summed E-state index contributed by atoms with van der Waals surface area (Å²) in [5, 5.41) is 7.07. The molecule has 5 nitrogen and oxygen atoms in total. The predicted octanol–water partition coefficient (Wildman–Crippen LogP) is 0.259. The highest BCUT2D eigenvalue weighted by molar-refractivity contribution is 5.75. The highest BCUT2D eigenvalue weighted by Gasteiger charge is 2.19. The number of nitrogens with zero attached hydrogens (tertiary/aromatic N) is 3. The molecule has 1 aliphatic rings. The van der Waals surface area contributed by atoms with Crippen molar-refractivity contribution >= 4 is 5.91 Å². The largest absolute Gasteiger partial charge is 0.354 e. The Balaban J connectivity index is 1.71. The molecule has 0 radical (unpaired) electrons. The summed E-state index contributed by atoms with van der Waals surface area (Å²) in [5.74, 6) is 0.644. The van der Waals surface area contributed by atoms with Gasteiger partial charge in [-0.25, -0.2) is 0 Å². The molecule has 1 aromatic rings. The zero-order valence-corrected chi connectivity index (χ0v) is 10.5. The first-order valence-corrected chi connectivity index (χ1v) is 6.08. The number of amides is 1. The van der Waals surface area contributed by atoms with Crippen molar-refractivity contribution in [3.05, 3.63) is 18.0 Å². The summed E-state index contributed by atoms with van der Waals surface area (Å²) >= 11 is 0. The van der Waals surface area contributed by atoms with Gasteiger partial charge < -0.3 is 10.2 Å². The first-order chi connectivity index (χ1) is 8.13. The number of carbonyl (C=O) groups excluding carboxylic acids is 1. The highest BCUT2D eigenvalue weighted by atomic mass is 16.2. The Labute approximate surface area is 102 Å². The number of aryl methyl sites for hydroxylation is 1. The van der Waals surface area contributed by atoms with Gasteiger partial charge in [0.15, 0.2) is 0 Å². The molecule has 1 N–H and O–H groups in total. The van der Waals surface area contributed by atoms with Gasteiger partial charge in [0.1, 0.15) is 6.54 Å². The number of likely N-dealkylation sites (tertiary alicyclic amines) is 1. The van der Waals surface area contributed by atoms with Crippen LogP contribution in [0.5, 0.6) is 0 Å². The fourth-order valence-corrected chi connectivity index (χ4v) is 2.21. The van der Waals surface area contributed by atoms with Gasteiger partial charge in [0.25, 0.3) is 0 Å². The lowest BCUT2D eigenvalue weighted by Crippen LogP contribution is -2.33. The fourth-order valence-electron chi connectivity index (χ4n) is 2.21. The van der Waals surface area contributed by atoms with E-state index in [1.807, 2.05) is 13.1 Å². The van der Waals surface area contributed by atoms with Crippen LogP contribution >= 0.6 is 0 Å². The molecular weight excluding hydrogens is 216 g/mol. The van der Waals surface area contributed by atoms with E-state index in [4.69, 9.17) is 0 Å². The summed E-state index contributed by atoms with van der Waals surface area (Å²) < 4.78 is 1.67. The fraction of sp³-hybridized carbons (Fsp3) is 0.667. The lowest BCUT2D eigenvalue weighted by molar-refractivity contribution is -0.122. The second-order valence-corrected chi connectivity index (χ2v) is 4.94. The first kappa shape index (κ1) is 12.1. The molecule has 1 aliphatic heterocycles. The van der Waals surface area contributed by atoms with Crippen LogP contribution in [0.1, 0.15) is 12.0 Å². The predicted molar refractivity (Wildman–Crippen MR) is 65.6 cm³/mol. The number of aromatic nitrogens is 2. The first-order valence-electron chi connectivity index (χ1n) is 6.08. The van der Waals surface area contributed by atoms with E-state index in [0.29, 0.717) is 12.5 Å². The van der Waals surface area contributed by atoms with Gasteiger partial charge in [-0.3, -0.25) is 9.48 Å². The third-order valence-corrected chi connectivity index (χ3v) is 3.14. The van der Waals surface area contributed by atoms with Crippen LogP contribution in [0, 0.1) is 12.8 Å². The lowest BCUT2D eigenvalue weighted by Gasteiger charge is -2.11. The Bertz CT molecular complexity index is 388. The van der Waals surface area contributed by atoms with Crippen LogP contribution in [0.3, 0.4) is 0 Å². The monoisotopic (exact) mass is 236 g/mol. The number of hydrogen-bond donors (Lipinski definition) is 1. The second-order valence-electron chi connectivity index (χ2n) is 4.94. The van der Waals surface area contributed by atoms with Crippen molar-refractivity contribution in [1.29, 1.82) is 0 Å². The van der Waals surface area contributed by atoms with Gasteiger partial charge in [-0.1, -0.05) is 0 Å². The van der Waals surface area contributed by atoms with Gasteiger partial charge >= 0.3 is 0 Å². The van der Waals surface area contributed by atoms with Crippen LogP contribution in [0.15, 0.2) is 12.4 Å². The molecule has 0 saturated carbocycles. The SMILES string of the molecule is Cc1cnn(CC(=O)NCC2CCN(C)C2)c1. The maximum Gasteiger partial charge on any atom is 0.241 e. The molecule has 17 heavy (non-hydrogen) atoms. The van der Waals surface area contributed by atoms with Crippen LogP contribution in [0.4, 0.5) is 0 Å². The molecule has 2 heterocycles. The molecule has 0 aromatic carbocycles. The van der Waals surface area contributed by atoms with Crippen molar-refractivity contribution < 1.29 is 4.79 Å². The van der Waals surface area contributed by atoms with E-state index in [1.165, 1.54) is 6.42 Å². The van der Waals surface area contributed by atoms with Gasteiger partial charge in [-0.2, -0.15) is 5.10 Å². The van der Waals surface area contributed by atoms with E-state index in [1.54, 1.807) is 10.9 Å². The molecule has 1 atom stereocenters. The molecular formula is C12H20N4O. The third-order valence-electron chi connectivity index (χ3n) is 3.14.